The van der Waals surface area contributed by atoms with Gasteiger partial charge in [0.2, 0.25) is 5.91 Å². The molecule has 8 heteroatoms. The van der Waals surface area contributed by atoms with Crippen LogP contribution in [0.15, 0.2) is 0 Å². The normalized spacial score (nSPS) is 38.5. The fraction of sp³-hybridized carbons (Fsp3) is 0.917. The van der Waals surface area contributed by atoms with Crippen LogP contribution in [0, 0.1) is 5.92 Å². The Hall–Kier alpha value is -0.440. The zero-order valence-electron chi connectivity index (χ0n) is 11.5. The van der Waals surface area contributed by atoms with E-state index in [2.05, 4.69) is 26.3 Å². The van der Waals surface area contributed by atoms with Crippen molar-refractivity contribution < 1.29 is 4.79 Å². The molecule has 0 bridgehead atoms. The lowest BCUT2D eigenvalue weighted by Crippen LogP contribution is -2.61. The van der Waals surface area contributed by atoms with Crippen molar-refractivity contribution >= 4 is 18.3 Å². The SMILES string of the molecule is Cl.O=C1CC(C2CC2)NC2NC(N3CCNCC3)NN12. The van der Waals surface area contributed by atoms with Crippen LogP contribution in [0.4, 0.5) is 0 Å². The molecule has 1 amide bonds. The van der Waals surface area contributed by atoms with E-state index < -0.39 is 0 Å². The van der Waals surface area contributed by atoms with Gasteiger partial charge in [0.1, 0.15) is 6.29 Å². The summed E-state index contributed by atoms with van der Waals surface area (Å²) in [4.78, 5) is 14.5. The van der Waals surface area contributed by atoms with Gasteiger partial charge in [-0.1, -0.05) is 0 Å². The van der Waals surface area contributed by atoms with E-state index in [1.807, 2.05) is 0 Å². The zero-order chi connectivity index (χ0) is 12.8. The Morgan fingerprint density at radius 1 is 1.05 bits per heavy atom. The van der Waals surface area contributed by atoms with Crippen LogP contribution in [0.1, 0.15) is 19.3 Å². The lowest BCUT2D eigenvalue weighted by Gasteiger charge is -2.34. The summed E-state index contributed by atoms with van der Waals surface area (Å²) in [6.45, 7) is 4.03. The first-order valence-electron chi connectivity index (χ1n) is 7.36. The van der Waals surface area contributed by atoms with Crippen molar-refractivity contribution in [3.05, 3.63) is 0 Å². The van der Waals surface area contributed by atoms with Gasteiger partial charge < -0.3 is 5.32 Å². The number of amides is 1. The van der Waals surface area contributed by atoms with E-state index in [9.17, 15) is 4.79 Å². The van der Waals surface area contributed by atoms with Crippen LogP contribution < -0.4 is 21.4 Å². The quantitative estimate of drug-likeness (QED) is 0.502. The van der Waals surface area contributed by atoms with Crippen molar-refractivity contribution in [2.24, 2.45) is 5.92 Å². The lowest BCUT2D eigenvalue weighted by molar-refractivity contribution is -0.141. The van der Waals surface area contributed by atoms with E-state index in [1.165, 1.54) is 12.8 Å². The predicted octanol–water partition coefficient (Wildman–Crippen LogP) is -1.41. The second-order valence-corrected chi connectivity index (χ2v) is 5.97. The standard InChI is InChI=1S/C12H22N6O.ClH/c19-10-7-9(8-1-2-8)14-11-15-12(16-18(10)11)17-5-3-13-4-6-17;/h8-9,11-16H,1-7H2;1H. The predicted molar refractivity (Wildman–Crippen MR) is 76.6 cm³/mol. The molecule has 4 rings (SSSR count). The minimum Gasteiger partial charge on any atom is -0.314 e. The summed E-state index contributed by atoms with van der Waals surface area (Å²) in [5.74, 6) is 0.928. The third-order valence-electron chi connectivity index (χ3n) is 4.58. The Morgan fingerprint density at radius 3 is 2.50 bits per heavy atom. The molecule has 0 aromatic heterocycles. The smallest absolute Gasteiger partial charge is 0.240 e. The van der Waals surface area contributed by atoms with Gasteiger partial charge in [-0.2, -0.15) is 5.43 Å². The Morgan fingerprint density at radius 2 is 1.80 bits per heavy atom. The summed E-state index contributed by atoms with van der Waals surface area (Å²) >= 11 is 0. The van der Waals surface area contributed by atoms with Crippen molar-refractivity contribution in [2.45, 2.75) is 37.9 Å². The van der Waals surface area contributed by atoms with Crippen LogP contribution in [-0.2, 0) is 4.79 Å². The highest BCUT2D eigenvalue weighted by atomic mass is 35.5. The highest BCUT2D eigenvalue weighted by Gasteiger charge is 2.45. The maximum atomic E-state index is 12.2. The van der Waals surface area contributed by atoms with Gasteiger partial charge >= 0.3 is 0 Å². The topological polar surface area (TPSA) is 71.7 Å². The summed E-state index contributed by atoms with van der Waals surface area (Å²) in [7, 11) is 0. The van der Waals surface area contributed by atoms with Gasteiger partial charge in [-0.3, -0.25) is 20.3 Å². The van der Waals surface area contributed by atoms with Gasteiger partial charge in [-0.25, -0.2) is 5.01 Å². The lowest BCUT2D eigenvalue weighted by atomic mass is 10.1. The molecule has 4 aliphatic rings. The molecule has 1 aliphatic carbocycles. The highest BCUT2D eigenvalue weighted by molar-refractivity contribution is 5.85. The van der Waals surface area contributed by atoms with E-state index in [1.54, 1.807) is 5.01 Å². The van der Waals surface area contributed by atoms with E-state index in [-0.39, 0.29) is 30.9 Å². The molecule has 0 spiro atoms. The van der Waals surface area contributed by atoms with Crippen LogP contribution in [0.3, 0.4) is 0 Å². The van der Waals surface area contributed by atoms with Gasteiger partial charge in [0.15, 0.2) is 6.29 Å². The first kappa shape index (κ1) is 14.5. The highest BCUT2D eigenvalue weighted by Crippen LogP contribution is 2.36. The first-order chi connectivity index (χ1) is 9.31. The molecular weight excluding hydrogens is 280 g/mol. The monoisotopic (exact) mass is 302 g/mol. The fourth-order valence-electron chi connectivity index (χ4n) is 3.28. The molecule has 0 radical (unpaired) electrons. The molecule has 0 aromatic rings. The maximum Gasteiger partial charge on any atom is 0.240 e. The fourth-order valence-corrected chi connectivity index (χ4v) is 3.28. The number of carbonyl (C=O) groups excluding carboxylic acids is 1. The summed E-state index contributed by atoms with van der Waals surface area (Å²) in [6, 6.07) is 0.366. The molecule has 0 aromatic carbocycles. The third kappa shape index (κ3) is 2.66. The molecular formula is C12H23ClN6O. The van der Waals surface area contributed by atoms with E-state index in [0.717, 1.165) is 26.2 Å². The Bertz CT molecular complexity index is 373. The number of rotatable bonds is 2. The molecule has 3 aliphatic heterocycles. The minimum atomic E-state index is -0.0493. The van der Waals surface area contributed by atoms with Crippen molar-refractivity contribution in [3.8, 4) is 0 Å². The number of hydrogen-bond donors (Lipinski definition) is 4. The number of fused-ring (bicyclic) bond motifs is 1. The largest absolute Gasteiger partial charge is 0.314 e. The summed E-state index contributed by atoms with van der Waals surface area (Å²) in [6.07, 6.45) is 3.19. The van der Waals surface area contributed by atoms with Gasteiger partial charge in [0.05, 0.1) is 0 Å². The van der Waals surface area contributed by atoms with Gasteiger partial charge in [0, 0.05) is 38.6 Å². The number of halogens is 1. The average Bonchev–Trinajstić information content (AvgIpc) is 3.19. The maximum absolute atomic E-state index is 12.2. The van der Waals surface area contributed by atoms with Gasteiger partial charge in [0.25, 0.3) is 0 Å². The summed E-state index contributed by atoms with van der Waals surface area (Å²) in [5, 5.41) is 12.1. The van der Waals surface area contributed by atoms with Crippen molar-refractivity contribution in [1.82, 2.24) is 31.3 Å². The van der Waals surface area contributed by atoms with Crippen LogP contribution >= 0.6 is 12.4 Å². The third-order valence-corrected chi connectivity index (χ3v) is 4.58. The molecule has 1 saturated carbocycles. The van der Waals surface area contributed by atoms with Crippen molar-refractivity contribution in [3.63, 3.8) is 0 Å². The van der Waals surface area contributed by atoms with Crippen LogP contribution in [0.5, 0.6) is 0 Å². The molecule has 20 heavy (non-hydrogen) atoms. The Kier molecular flexibility index (Phi) is 4.16. The van der Waals surface area contributed by atoms with Crippen LogP contribution in [-0.4, -0.2) is 60.6 Å². The Labute approximate surface area is 125 Å². The summed E-state index contributed by atoms with van der Waals surface area (Å²) in [5.41, 5.74) is 3.30. The van der Waals surface area contributed by atoms with E-state index in [4.69, 9.17) is 0 Å². The van der Waals surface area contributed by atoms with Crippen molar-refractivity contribution in [1.29, 1.82) is 0 Å². The molecule has 3 saturated heterocycles. The van der Waals surface area contributed by atoms with Gasteiger partial charge in [-0.05, 0) is 18.8 Å². The average molecular weight is 303 g/mol. The molecule has 3 atom stereocenters. The van der Waals surface area contributed by atoms with Crippen molar-refractivity contribution in [2.75, 3.05) is 26.2 Å². The number of nitrogens with zero attached hydrogens (tertiary/aromatic N) is 2. The molecule has 114 valence electrons. The summed E-state index contributed by atoms with van der Waals surface area (Å²) < 4.78 is 0. The second kappa shape index (κ2) is 5.75. The van der Waals surface area contributed by atoms with E-state index >= 15 is 0 Å². The number of hydrazine groups is 1. The minimum absolute atomic E-state index is 0. The molecule has 4 N–H and O–H groups in total. The molecule has 3 heterocycles. The Balaban J connectivity index is 0.00000121. The number of carbonyl (C=O) groups is 1. The molecule has 7 nitrogen and oxygen atoms in total. The zero-order valence-corrected chi connectivity index (χ0v) is 12.3. The molecule has 3 unspecified atom stereocenters. The number of hydrogen-bond acceptors (Lipinski definition) is 6. The number of nitrogens with one attached hydrogen (secondary N) is 4. The van der Waals surface area contributed by atoms with Crippen LogP contribution in [0.2, 0.25) is 0 Å². The van der Waals surface area contributed by atoms with Gasteiger partial charge in [-0.15, -0.1) is 12.4 Å². The molecule has 4 fully saturated rings. The number of piperazine rings is 1. The van der Waals surface area contributed by atoms with Crippen LogP contribution in [0.25, 0.3) is 0 Å². The first-order valence-corrected chi connectivity index (χ1v) is 7.36. The second-order valence-electron chi connectivity index (χ2n) is 5.97. The van der Waals surface area contributed by atoms with E-state index in [0.29, 0.717) is 18.4 Å².